The number of piperidine rings is 1. The van der Waals surface area contributed by atoms with Gasteiger partial charge in [0.05, 0.1) is 13.0 Å². The molecule has 1 N–H and O–H groups in total. The fourth-order valence-corrected chi connectivity index (χ4v) is 3.45. The van der Waals surface area contributed by atoms with Gasteiger partial charge in [-0.05, 0) is 56.2 Å². The van der Waals surface area contributed by atoms with Gasteiger partial charge in [0.1, 0.15) is 5.75 Å². The number of carbonyl (C=O) groups excluding carboxylic acids is 1. The van der Waals surface area contributed by atoms with Crippen LogP contribution in [0.3, 0.4) is 0 Å². The molecule has 2 heterocycles. The number of hydrogen-bond donors (Lipinski definition) is 1. The van der Waals surface area contributed by atoms with E-state index < -0.39 is 0 Å². The molecular weight excluding hydrogens is 368 g/mol. The highest BCUT2D eigenvalue weighted by Crippen LogP contribution is 2.26. The third-order valence-corrected chi connectivity index (χ3v) is 5.15. The lowest BCUT2D eigenvalue weighted by molar-refractivity contribution is -0.120. The Hall–Kier alpha value is -3.35. The second-order valence-electron chi connectivity index (χ2n) is 7.27. The Morgan fingerprint density at radius 2 is 1.93 bits per heavy atom. The van der Waals surface area contributed by atoms with E-state index in [1.54, 1.807) is 7.11 Å². The van der Waals surface area contributed by atoms with Crippen molar-refractivity contribution in [1.29, 1.82) is 0 Å². The van der Waals surface area contributed by atoms with Crippen LogP contribution >= 0.6 is 0 Å². The van der Waals surface area contributed by atoms with Crippen LogP contribution in [0, 0.1) is 12.8 Å². The summed E-state index contributed by atoms with van der Waals surface area (Å²) in [6.07, 6.45) is 1.74. The summed E-state index contributed by atoms with van der Waals surface area (Å²) in [6, 6.07) is 15.8. The van der Waals surface area contributed by atoms with E-state index in [0.29, 0.717) is 18.4 Å². The van der Waals surface area contributed by atoms with Crippen LogP contribution in [0.5, 0.6) is 5.75 Å². The lowest BCUT2D eigenvalue weighted by Gasteiger charge is -2.30. The molecule has 29 heavy (non-hydrogen) atoms. The maximum atomic E-state index is 12.7. The van der Waals surface area contributed by atoms with Gasteiger partial charge < -0.3 is 19.5 Å². The van der Waals surface area contributed by atoms with Crippen LogP contribution in [-0.4, -0.2) is 36.2 Å². The average Bonchev–Trinajstić information content (AvgIpc) is 3.26. The molecule has 0 radical (unpaired) electrons. The minimum atomic E-state index is -0.124. The monoisotopic (exact) mass is 392 g/mol. The second-order valence-corrected chi connectivity index (χ2v) is 7.27. The predicted octanol–water partition coefficient (Wildman–Crippen LogP) is 3.91. The molecule has 1 atom stereocenters. The highest BCUT2D eigenvalue weighted by Gasteiger charge is 2.28. The van der Waals surface area contributed by atoms with Crippen molar-refractivity contribution in [1.82, 2.24) is 10.1 Å². The first kappa shape index (κ1) is 19.0. The smallest absolute Gasteiger partial charge is 0.324 e. The molecule has 1 aliphatic heterocycles. The fraction of sp³-hybridized carbons (Fsp3) is 0.318. The first-order chi connectivity index (χ1) is 14.1. The number of aryl methyl sites for hydroxylation is 1. The van der Waals surface area contributed by atoms with E-state index in [-0.39, 0.29) is 11.8 Å². The summed E-state index contributed by atoms with van der Waals surface area (Å²) in [5.74, 6) is 1.19. The van der Waals surface area contributed by atoms with E-state index in [1.807, 2.05) is 60.4 Å². The van der Waals surface area contributed by atoms with E-state index in [0.717, 1.165) is 42.0 Å². The Balaban J connectivity index is 1.42. The topological polar surface area (TPSA) is 80.5 Å². The molecular formula is C22H24N4O3. The molecule has 7 heteroatoms. The van der Waals surface area contributed by atoms with Gasteiger partial charge in [-0.15, -0.1) is 0 Å². The van der Waals surface area contributed by atoms with Crippen LogP contribution < -0.4 is 15.0 Å². The van der Waals surface area contributed by atoms with Crippen LogP contribution in [0.2, 0.25) is 0 Å². The zero-order valence-corrected chi connectivity index (χ0v) is 16.6. The average molecular weight is 392 g/mol. The molecule has 3 aromatic rings. The fourth-order valence-electron chi connectivity index (χ4n) is 3.45. The van der Waals surface area contributed by atoms with Gasteiger partial charge in [0.25, 0.3) is 0 Å². The number of hydrogen-bond acceptors (Lipinski definition) is 6. The van der Waals surface area contributed by atoms with Crippen molar-refractivity contribution in [3.05, 3.63) is 54.1 Å². The predicted molar refractivity (Wildman–Crippen MR) is 111 cm³/mol. The summed E-state index contributed by atoms with van der Waals surface area (Å²) in [4.78, 5) is 19.2. The molecule has 1 fully saturated rings. The quantitative estimate of drug-likeness (QED) is 0.709. The molecule has 1 saturated heterocycles. The Bertz CT molecular complexity index is 966. The molecule has 4 rings (SSSR count). The maximum absolute atomic E-state index is 12.7. The third-order valence-electron chi connectivity index (χ3n) is 5.15. The summed E-state index contributed by atoms with van der Waals surface area (Å²) in [5.41, 5.74) is 2.83. The molecule has 1 aromatic heterocycles. The van der Waals surface area contributed by atoms with Gasteiger partial charge in [-0.2, -0.15) is 4.98 Å². The number of amides is 1. The summed E-state index contributed by atoms with van der Waals surface area (Å²) in [6.45, 7) is 3.37. The summed E-state index contributed by atoms with van der Waals surface area (Å²) in [5, 5.41) is 7.10. The van der Waals surface area contributed by atoms with Crippen molar-refractivity contribution in [3.8, 4) is 17.1 Å². The van der Waals surface area contributed by atoms with Crippen molar-refractivity contribution in [2.75, 3.05) is 30.4 Å². The molecule has 0 spiro atoms. The van der Waals surface area contributed by atoms with Crippen molar-refractivity contribution in [2.45, 2.75) is 19.8 Å². The number of benzene rings is 2. The Labute approximate surface area is 169 Å². The molecule has 0 unspecified atom stereocenters. The van der Waals surface area contributed by atoms with Crippen molar-refractivity contribution >= 4 is 17.6 Å². The van der Waals surface area contributed by atoms with E-state index in [1.165, 1.54) is 0 Å². The van der Waals surface area contributed by atoms with E-state index in [9.17, 15) is 4.79 Å². The minimum Gasteiger partial charge on any atom is -0.497 e. The van der Waals surface area contributed by atoms with Gasteiger partial charge in [-0.25, -0.2) is 0 Å². The van der Waals surface area contributed by atoms with Crippen LogP contribution in [0.15, 0.2) is 53.1 Å². The number of methoxy groups -OCH3 is 1. The van der Waals surface area contributed by atoms with Gasteiger partial charge in [0.15, 0.2) is 0 Å². The van der Waals surface area contributed by atoms with Crippen LogP contribution in [-0.2, 0) is 4.79 Å². The lowest BCUT2D eigenvalue weighted by atomic mass is 9.97. The third kappa shape index (κ3) is 4.39. The van der Waals surface area contributed by atoms with Gasteiger partial charge >= 0.3 is 6.01 Å². The van der Waals surface area contributed by atoms with Crippen molar-refractivity contribution < 1.29 is 14.1 Å². The molecule has 0 saturated carbocycles. The van der Waals surface area contributed by atoms with Gasteiger partial charge in [0.2, 0.25) is 11.7 Å². The number of nitrogens with zero attached hydrogens (tertiary/aromatic N) is 3. The van der Waals surface area contributed by atoms with Crippen molar-refractivity contribution in [3.63, 3.8) is 0 Å². The van der Waals surface area contributed by atoms with Gasteiger partial charge in [0, 0.05) is 24.3 Å². The first-order valence-corrected chi connectivity index (χ1v) is 9.73. The molecule has 0 aliphatic carbocycles. The number of nitrogens with one attached hydrogen (secondary N) is 1. The highest BCUT2D eigenvalue weighted by molar-refractivity contribution is 5.93. The summed E-state index contributed by atoms with van der Waals surface area (Å²) in [7, 11) is 1.63. The zero-order valence-electron chi connectivity index (χ0n) is 16.6. The highest BCUT2D eigenvalue weighted by atomic mass is 16.5. The first-order valence-electron chi connectivity index (χ1n) is 9.73. The van der Waals surface area contributed by atoms with Gasteiger partial charge in [-0.1, -0.05) is 22.9 Å². The lowest BCUT2D eigenvalue weighted by Crippen LogP contribution is -2.41. The normalized spacial score (nSPS) is 16.5. The second kappa shape index (κ2) is 8.34. The number of anilines is 2. The van der Waals surface area contributed by atoms with Crippen LogP contribution in [0.1, 0.15) is 18.4 Å². The Kier molecular flexibility index (Phi) is 5.46. The van der Waals surface area contributed by atoms with E-state index in [4.69, 9.17) is 9.26 Å². The molecule has 7 nitrogen and oxygen atoms in total. The van der Waals surface area contributed by atoms with Gasteiger partial charge in [-0.3, -0.25) is 4.79 Å². The number of ether oxygens (including phenoxy) is 1. The Morgan fingerprint density at radius 3 is 2.66 bits per heavy atom. The molecule has 1 amide bonds. The van der Waals surface area contributed by atoms with E-state index >= 15 is 0 Å². The number of carbonyl (C=O) groups is 1. The minimum absolute atomic E-state index is 0.0217. The van der Waals surface area contributed by atoms with Crippen LogP contribution in [0.4, 0.5) is 11.7 Å². The Morgan fingerprint density at radius 1 is 1.17 bits per heavy atom. The zero-order chi connectivity index (χ0) is 20.2. The molecule has 150 valence electrons. The van der Waals surface area contributed by atoms with Crippen LogP contribution in [0.25, 0.3) is 11.4 Å². The number of aromatic nitrogens is 2. The summed E-state index contributed by atoms with van der Waals surface area (Å²) < 4.78 is 10.7. The maximum Gasteiger partial charge on any atom is 0.324 e. The van der Waals surface area contributed by atoms with Crippen molar-refractivity contribution in [2.24, 2.45) is 5.92 Å². The molecule has 2 aromatic carbocycles. The van der Waals surface area contributed by atoms with E-state index in [2.05, 4.69) is 15.5 Å². The largest absolute Gasteiger partial charge is 0.497 e. The standard InChI is InChI=1S/C22H24N4O3/c1-15-5-9-18(10-6-15)23-21(27)17-4-3-13-26(14-17)22-24-20(25-29-22)16-7-11-19(28-2)12-8-16/h5-12,17H,3-4,13-14H2,1-2H3,(H,23,27)/t17-/m0/s1. The molecule has 0 bridgehead atoms. The SMILES string of the molecule is COc1ccc(-c2noc(N3CCC[C@H](C(=O)Nc4ccc(C)cc4)C3)n2)cc1. The summed E-state index contributed by atoms with van der Waals surface area (Å²) >= 11 is 0. The molecule has 1 aliphatic rings. The number of rotatable bonds is 5.